The van der Waals surface area contributed by atoms with Gasteiger partial charge in [-0.2, -0.15) is 0 Å². The average molecular weight is 550 g/mol. The van der Waals surface area contributed by atoms with Crippen LogP contribution in [0, 0.1) is 0 Å². The van der Waals surface area contributed by atoms with E-state index in [1.807, 2.05) is 30.3 Å². The molecule has 5 aromatic rings. The number of aromatic nitrogens is 2. The minimum atomic E-state index is -3.41. The van der Waals surface area contributed by atoms with Crippen LogP contribution in [-0.2, 0) is 14.6 Å². The van der Waals surface area contributed by atoms with Crippen molar-refractivity contribution in [2.75, 3.05) is 11.6 Å². The van der Waals surface area contributed by atoms with E-state index < -0.39 is 14.6 Å². The van der Waals surface area contributed by atoms with Gasteiger partial charge in [0, 0.05) is 58.2 Å². The summed E-state index contributed by atoms with van der Waals surface area (Å²) in [4.78, 5) is 34.3. The van der Waals surface area contributed by atoms with Gasteiger partial charge in [-0.25, -0.2) is 8.42 Å². The third kappa shape index (κ3) is 5.26. The summed E-state index contributed by atoms with van der Waals surface area (Å²) in [6.45, 7) is 3.37. The summed E-state index contributed by atoms with van der Waals surface area (Å²) in [5, 5.41) is 3.69. The van der Waals surface area contributed by atoms with Crippen LogP contribution in [0.25, 0.3) is 22.0 Å². The normalized spacial score (nSPS) is 11.8. The molecule has 2 aromatic heterocycles. The zero-order chi connectivity index (χ0) is 28.5. The van der Waals surface area contributed by atoms with Crippen LogP contribution < -0.4 is 5.32 Å². The highest BCUT2D eigenvalue weighted by Crippen LogP contribution is 2.36. The number of anilines is 1. The second-order valence-electron chi connectivity index (χ2n) is 10.1. The predicted molar refractivity (Wildman–Crippen MR) is 157 cm³/mol. The highest BCUT2D eigenvalue weighted by molar-refractivity contribution is 7.91. The summed E-state index contributed by atoms with van der Waals surface area (Å²) < 4.78 is 24.1. The Morgan fingerprint density at radius 1 is 0.775 bits per heavy atom. The highest BCUT2D eigenvalue weighted by atomic mass is 32.2. The second kappa shape index (κ2) is 10.5. The van der Waals surface area contributed by atoms with Crippen LogP contribution in [0.4, 0.5) is 5.69 Å². The lowest BCUT2D eigenvalue weighted by Gasteiger charge is -2.24. The lowest BCUT2D eigenvalue weighted by atomic mass is 9.93. The van der Waals surface area contributed by atoms with Gasteiger partial charge in [-0.05, 0) is 91.7 Å². The van der Waals surface area contributed by atoms with Gasteiger partial charge < -0.3 is 5.32 Å². The van der Waals surface area contributed by atoms with Crippen molar-refractivity contribution in [3.05, 3.63) is 126 Å². The number of hydrogen-bond acceptors (Lipinski definition) is 6. The first-order valence-corrected chi connectivity index (χ1v) is 14.5. The van der Waals surface area contributed by atoms with E-state index in [-0.39, 0.29) is 11.7 Å². The van der Waals surface area contributed by atoms with Crippen LogP contribution >= 0.6 is 0 Å². The van der Waals surface area contributed by atoms with Gasteiger partial charge in [-0.15, -0.1) is 0 Å². The maximum absolute atomic E-state index is 13.2. The van der Waals surface area contributed by atoms with Gasteiger partial charge in [0.2, 0.25) is 0 Å². The number of carbonyl (C=O) groups excluding carboxylic acids is 2. The van der Waals surface area contributed by atoms with Crippen molar-refractivity contribution in [3.8, 4) is 11.1 Å². The zero-order valence-electron chi connectivity index (χ0n) is 22.3. The van der Waals surface area contributed by atoms with Crippen LogP contribution in [0.15, 0.2) is 104 Å². The van der Waals surface area contributed by atoms with E-state index >= 15 is 0 Å². The fraction of sp³-hybridized carbons (Fsp3) is 0.125. The summed E-state index contributed by atoms with van der Waals surface area (Å²) >= 11 is 0. The van der Waals surface area contributed by atoms with Gasteiger partial charge in [-0.1, -0.05) is 18.2 Å². The van der Waals surface area contributed by atoms with Crippen LogP contribution in [0.5, 0.6) is 0 Å². The van der Waals surface area contributed by atoms with Gasteiger partial charge in [-0.3, -0.25) is 19.6 Å². The molecular weight excluding hydrogens is 522 g/mol. The summed E-state index contributed by atoms with van der Waals surface area (Å²) in [6, 6.07) is 24.5. The van der Waals surface area contributed by atoms with Crippen LogP contribution in [0.3, 0.4) is 0 Å². The van der Waals surface area contributed by atoms with Gasteiger partial charge in [0.15, 0.2) is 15.6 Å². The Kier molecular flexibility index (Phi) is 7.04. The van der Waals surface area contributed by atoms with Crippen LogP contribution in [0.2, 0.25) is 0 Å². The number of ketones is 1. The Bertz CT molecular complexity index is 1850. The molecule has 0 saturated carbocycles. The smallest absolute Gasteiger partial charge is 0.255 e. The van der Waals surface area contributed by atoms with Crippen molar-refractivity contribution in [2.24, 2.45) is 0 Å². The zero-order valence-corrected chi connectivity index (χ0v) is 23.1. The molecule has 0 unspecified atom stereocenters. The topological polar surface area (TPSA) is 106 Å². The molecule has 7 nitrogen and oxygen atoms in total. The molecule has 1 amide bonds. The second-order valence-corrected chi connectivity index (χ2v) is 12.6. The Hall–Kier alpha value is -4.69. The van der Waals surface area contributed by atoms with E-state index in [1.54, 1.807) is 87.0 Å². The Morgan fingerprint density at radius 2 is 1.48 bits per heavy atom. The molecule has 0 atom stereocenters. The lowest BCUT2D eigenvalue weighted by molar-refractivity contribution is 0.102. The molecular formula is C32H27N3O4S. The molecule has 0 radical (unpaired) electrons. The van der Waals surface area contributed by atoms with Crippen molar-refractivity contribution < 1.29 is 18.0 Å². The molecule has 200 valence electrons. The molecule has 3 aromatic carbocycles. The van der Waals surface area contributed by atoms with Gasteiger partial charge >= 0.3 is 0 Å². The Balaban J connectivity index is 1.45. The number of nitrogens with zero attached hydrogens (tertiary/aromatic N) is 2. The quantitative estimate of drug-likeness (QED) is 0.247. The summed E-state index contributed by atoms with van der Waals surface area (Å²) in [5.41, 5.74) is 4.83. The summed E-state index contributed by atoms with van der Waals surface area (Å²) in [7, 11) is -3.41. The number of nitrogens with one attached hydrogen (secondary N) is 1. The molecule has 0 fully saturated rings. The lowest BCUT2D eigenvalue weighted by Crippen LogP contribution is -2.28. The number of carbonyl (C=O) groups is 2. The van der Waals surface area contributed by atoms with E-state index in [0.717, 1.165) is 16.5 Å². The average Bonchev–Trinajstić information content (AvgIpc) is 2.96. The van der Waals surface area contributed by atoms with Crippen LogP contribution in [0.1, 0.15) is 45.7 Å². The molecule has 40 heavy (non-hydrogen) atoms. The van der Waals surface area contributed by atoms with E-state index in [2.05, 4.69) is 15.3 Å². The van der Waals surface area contributed by atoms with E-state index in [9.17, 15) is 18.0 Å². The fourth-order valence-electron chi connectivity index (χ4n) is 4.38. The maximum Gasteiger partial charge on any atom is 0.255 e. The molecule has 2 heterocycles. The summed E-state index contributed by atoms with van der Waals surface area (Å²) in [6.07, 6.45) is 6.05. The number of hydrogen-bond donors (Lipinski definition) is 1. The number of rotatable bonds is 7. The van der Waals surface area contributed by atoms with E-state index in [0.29, 0.717) is 33.5 Å². The largest absolute Gasteiger partial charge is 0.322 e. The molecule has 1 N–H and O–H groups in total. The monoisotopic (exact) mass is 549 g/mol. The van der Waals surface area contributed by atoms with Crippen molar-refractivity contribution >= 4 is 38.1 Å². The minimum absolute atomic E-state index is 0.130. The molecule has 5 rings (SSSR count). The van der Waals surface area contributed by atoms with Gasteiger partial charge in [0.05, 0.1) is 10.3 Å². The Morgan fingerprint density at radius 3 is 2.17 bits per heavy atom. The standard InChI is InChI=1S/C32H27N3O4S/c1-32(2,40(3,38)39)26-19-24-8-5-15-34-29(24)28(20-26)23-6-4-7-25(18-23)31(37)35-27-11-9-21(10-12-27)30(36)22-13-16-33-17-14-22/h4-20H,1-3H3,(H,35,37). The summed E-state index contributed by atoms with van der Waals surface area (Å²) in [5.74, 6) is -0.449. The number of sulfone groups is 1. The highest BCUT2D eigenvalue weighted by Gasteiger charge is 2.33. The number of amides is 1. The molecule has 0 aliphatic heterocycles. The number of pyridine rings is 2. The van der Waals surface area contributed by atoms with E-state index in [4.69, 9.17) is 0 Å². The Labute approximate surface area is 232 Å². The van der Waals surface area contributed by atoms with Gasteiger partial charge in [0.25, 0.3) is 5.91 Å². The van der Waals surface area contributed by atoms with Crippen molar-refractivity contribution in [1.82, 2.24) is 9.97 Å². The maximum atomic E-state index is 13.2. The van der Waals surface area contributed by atoms with Crippen molar-refractivity contribution in [1.29, 1.82) is 0 Å². The number of fused-ring (bicyclic) bond motifs is 1. The van der Waals surface area contributed by atoms with Gasteiger partial charge in [0.1, 0.15) is 0 Å². The first-order valence-electron chi connectivity index (χ1n) is 12.6. The number of benzene rings is 3. The third-order valence-corrected chi connectivity index (χ3v) is 9.20. The predicted octanol–water partition coefficient (Wildman–Crippen LogP) is 6.06. The molecule has 0 saturated heterocycles. The molecule has 8 heteroatoms. The fourth-order valence-corrected chi connectivity index (χ4v) is 4.93. The molecule has 0 spiro atoms. The molecule has 0 aliphatic carbocycles. The molecule has 0 bridgehead atoms. The molecule has 0 aliphatic rings. The van der Waals surface area contributed by atoms with E-state index in [1.165, 1.54) is 6.26 Å². The first-order chi connectivity index (χ1) is 19.0. The first kappa shape index (κ1) is 26.9. The SMILES string of the molecule is CC(C)(c1cc(-c2cccc(C(=O)Nc3ccc(C(=O)c4ccncc4)cc3)c2)c2ncccc2c1)S(C)(=O)=O. The van der Waals surface area contributed by atoms with Crippen molar-refractivity contribution in [3.63, 3.8) is 0 Å². The minimum Gasteiger partial charge on any atom is -0.322 e. The third-order valence-electron chi connectivity index (χ3n) is 7.11. The van der Waals surface area contributed by atoms with Crippen molar-refractivity contribution in [2.45, 2.75) is 18.6 Å². The van der Waals surface area contributed by atoms with Crippen LogP contribution in [-0.4, -0.2) is 36.3 Å².